The lowest BCUT2D eigenvalue weighted by Crippen LogP contribution is -2.37. The van der Waals surface area contributed by atoms with E-state index >= 15 is 0 Å². The fourth-order valence-electron chi connectivity index (χ4n) is 3.58. The Morgan fingerprint density at radius 1 is 1.03 bits per heavy atom. The third-order valence-electron chi connectivity index (χ3n) is 5.28. The number of carbonyl (C=O) groups excluding carboxylic acids is 1. The van der Waals surface area contributed by atoms with Crippen molar-refractivity contribution < 1.29 is 9.53 Å². The van der Waals surface area contributed by atoms with E-state index in [0.717, 1.165) is 15.9 Å². The predicted molar refractivity (Wildman–Crippen MR) is 133 cm³/mol. The molecule has 9 nitrogen and oxygen atoms in total. The first-order valence-corrected chi connectivity index (χ1v) is 11.7. The van der Waals surface area contributed by atoms with Crippen molar-refractivity contribution in [3.8, 4) is 5.75 Å². The minimum atomic E-state index is -0.452. The number of nitrogens with one attached hydrogen (secondary N) is 1. The number of imidazole rings is 1. The van der Waals surface area contributed by atoms with Gasteiger partial charge in [-0.2, -0.15) is 0 Å². The van der Waals surface area contributed by atoms with Gasteiger partial charge in [0.05, 0.1) is 18.9 Å². The average molecular weight is 480 g/mol. The van der Waals surface area contributed by atoms with Crippen molar-refractivity contribution in [2.24, 2.45) is 14.1 Å². The summed E-state index contributed by atoms with van der Waals surface area (Å²) in [6, 6.07) is 16.8. The average Bonchev–Trinajstić information content (AvgIpc) is 3.20. The maximum Gasteiger partial charge on any atom is 0.332 e. The van der Waals surface area contributed by atoms with Crippen molar-refractivity contribution in [3.63, 3.8) is 0 Å². The highest BCUT2D eigenvalue weighted by molar-refractivity contribution is 7.99. The number of hydrogen-bond acceptors (Lipinski definition) is 6. The van der Waals surface area contributed by atoms with E-state index in [2.05, 4.69) is 10.3 Å². The standard InChI is InChI=1S/C24H25N5O4S/c1-4-33-18-12-10-17(11-13-18)25-19(30)15-34-23-26-21-20(22(31)28(3)24(32)27(21)2)29(23)14-16-8-6-5-7-9-16/h5-13H,4,14-15H2,1-3H3,(H,25,30). The summed E-state index contributed by atoms with van der Waals surface area (Å²) >= 11 is 1.21. The molecule has 176 valence electrons. The molecule has 0 radical (unpaired) electrons. The fourth-order valence-corrected chi connectivity index (χ4v) is 4.37. The molecule has 4 rings (SSSR count). The van der Waals surface area contributed by atoms with Crippen LogP contribution in [0.3, 0.4) is 0 Å². The van der Waals surface area contributed by atoms with Crippen LogP contribution in [0.5, 0.6) is 5.75 Å². The molecule has 4 aromatic rings. The van der Waals surface area contributed by atoms with Crippen LogP contribution in [0.15, 0.2) is 69.3 Å². The van der Waals surface area contributed by atoms with Crippen LogP contribution in [-0.4, -0.2) is 37.0 Å². The fraction of sp³-hybridized carbons (Fsp3) is 0.250. The van der Waals surface area contributed by atoms with Gasteiger partial charge in [0.25, 0.3) is 5.56 Å². The number of aryl methyl sites for hydroxylation is 1. The van der Waals surface area contributed by atoms with Gasteiger partial charge in [-0.05, 0) is 36.8 Å². The quantitative estimate of drug-likeness (QED) is 0.390. The third-order valence-corrected chi connectivity index (χ3v) is 6.25. The predicted octanol–water partition coefficient (Wildman–Crippen LogP) is 2.61. The summed E-state index contributed by atoms with van der Waals surface area (Å²) in [7, 11) is 3.03. The second kappa shape index (κ2) is 10.0. The summed E-state index contributed by atoms with van der Waals surface area (Å²) in [5, 5.41) is 3.34. The monoisotopic (exact) mass is 479 g/mol. The largest absolute Gasteiger partial charge is 0.494 e. The van der Waals surface area contributed by atoms with E-state index in [-0.39, 0.29) is 11.7 Å². The molecule has 0 bridgehead atoms. The number of benzene rings is 2. The van der Waals surface area contributed by atoms with Crippen LogP contribution in [-0.2, 0) is 25.4 Å². The smallest absolute Gasteiger partial charge is 0.332 e. The summed E-state index contributed by atoms with van der Waals surface area (Å²) in [4.78, 5) is 42.5. The van der Waals surface area contributed by atoms with Gasteiger partial charge in [-0.15, -0.1) is 0 Å². The number of thioether (sulfide) groups is 1. The highest BCUT2D eigenvalue weighted by Gasteiger charge is 2.20. The molecule has 0 unspecified atom stereocenters. The minimum Gasteiger partial charge on any atom is -0.494 e. The molecule has 34 heavy (non-hydrogen) atoms. The maximum atomic E-state index is 13.0. The number of hydrogen-bond donors (Lipinski definition) is 1. The molecule has 0 atom stereocenters. The first kappa shape index (κ1) is 23.4. The van der Waals surface area contributed by atoms with Gasteiger partial charge in [-0.1, -0.05) is 42.1 Å². The molecule has 2 heterocycles. The normalized spacial score (nSPS) is 11.0. The Bertz CT molecular complexity index is 1440. The molecule has 2 aromatic heterocycles. The Kier molecular flexibility index (Phi) is 6.87. The van der Waals surface area contributed by atoms with Crippen LogP contribution >= 0.6 is 11.8 Å². The summed E-state index contributed by atoms with van der Waals surface area (Å²) < 4.78 is 9.60. The number of fused-ring (bicyclic) bond motifs is 1. The summed E-state index contributed by atoms with van der Waals surface area (Å²) in [6.07, 6.45) is 0. The molecule has 0 saturated carbocycles. The zero-order valence-corrected chi connectivity index (χ0v) is 20.0. The van der Waals surface area contributed by atoms with Crippen molar-refractivity contribution in [3.05, 3.63) is 81.0 Å². The molecule has 0 aliphatic rings. The van der Waals surface area contributed by atoms with Gasteiger partial charge in [0.15, 0.2) is 16.3 Å². The highest BCUT2D eigenvalue weighted by atomic mass is 32.2. The Hall–Kier alpha value is -3.79. The van der Waals surface area contributed by atoms with Crippen molar-refractivity contribution in [1.29, 1.82) is 0 Å². The van der Waals surface area contributed by atoms with Crippen molar-refractivity contribution in [2.45, 2.75) is 18.6 Å². The van der Waals surface area contributed by atoms with Crippen molar-refractivity contribution >= 4 is 34.5 Å². The summed E-state index contributed by atoms with van der Waals surface area (Å²) in [5.41, 5.74) is 1.36. The number of nitrogens with zero attached hydrogens (tertiary/aromatic N) is 4. The third kappa shape index (κ3) is 4.76. The van der Waals surface area contributed by atoms with Gasteiger partial charge in [0.1, 0.15) is 5.75 Å². The van der Waals surface area contributed by atoms with Crippen LogP contribution < -0.4 is 21.3 Å². The Labute approximate surface area is 200 Å². The van der Waals surface area contributed by atoms with E-state index in [1.54, 1.807) is 35.9 Å². The van der Waals surface area contributed by atoms with E-state index in [4.69, 9.17) is 4.74 Å². The molecule has 0 aliphatic carbocycles. The number of aromatic nitrogens is 4. The van der Waals surface area contributed by atoms with Gasteiger partial charge in [-0.3, -0.25) is 18.7 Å². The lowest BCUT2D eigenvalue weighted by Gasteiger charge is -2.10. The first-order chi connectivity index (χ1) is 16.4. The van der Waals surface area contributed by atoms with Gasteiger partial charge < -0.3 is 14.6 Å². The highest BCUT2D eigenvalue weighted by Crippen LogP contribution is 2.23. The van der Waals surface area contributed by atoms with Gasteiger partial charge in [0, 0.05) is 19.8 Å². The molecule has 1 amide bonds. The Balaban J connectivity index is 1.62. The lowest BCUT2D eigenvalue weighted by atomic mass is 10.2. The Morgan fingerprint density at radius 2 is 1.74 bits per heavy atom. The number of ether oxygens (including phenoxy) is 1. The van der Waals surface area contributed by atoms with Gasteiger partial charge in [0.2, 0.25) is 5.91 Å². The SMILES string of the molecule is CCOc1ccc(NC(=O)CSc2nc3c(c(=O)n(C)c(=O)n3C)n2Cc2ccccc2)cc1. The molecule has 1 N–H and O–H groups in total. The van der Waals surface area contributed by atoms with Crippen LogP contribution in [0, 0.1) is 0 Å². The second-order valence-electron chi connectivity index (χ2n) is 7.64. The van der Waals surface area contributed by atoms with Gasteiger partial charge in [-0.25, -0.2) is 9.78 Å². The Morgan fingerprint density at radius 3 is 2.41 bits per heavy atom. The van der Waals surface area contributed by atoms with E-state index in [9.17, 15) is 14.4 Å². The molecule has 10 heteroatoms. The summed E-state index contributed by atoms with van der Waals surface area (Å²) in [6.45, 7) is 2.86. The molecule has 2 aromatic carbocycles. The van der Waals surface area contributed by atoms with E-state index in [1.807, 2.05) is 37.3 Å². The van der Waals surface area contributed by atoms with Crippen LogP contribution in [0.1, 0.15) is 12.5 Å². The number of amides is 1. The number of anilines is 1. The van der Waals surface area contributed by atoms with Crippen molar-refractivity contribution in [1.82, 2.24) is 18.7 Å². The summed E-state index contributed by atoms with van der Waals surface area (Å²) in [5.74, 6) is 0.602. The molecule has 0 fully saturated rings. The van der Waals surface area contributed by atoms with Crippen LogP contribution in [0.4, 0.5) is 5.69 Å². The first-order valence-electron chi connectivity index (χ1n) is 10.7. The maximum absolute atomic E-state index is 13.0. The number of rotatable bonds is 8. The van der Waals surface area contributed by atoms with E-state index in [1.165, 1.54) is 23.4 Å². The lowest BCUT2D eigenvalue weighted by molar-refractivity contribution is -0.113. The second-order valence-corrected chi connectivity index (χ2v) is 8.58. The van der Waals surface area contributed by atoms with Crippen LogP contribution in [0.2, 0.25) is 0 Å². The van der Waals surface area contributed by atoms with E-state index in [0.29, 0.717) is 35.2 Å². The molecule has 0 spiro atoms. The van der Waals surface area contributed by atoms with Crippen LogP contribution in [0.25, 0.3) is 11.2 Å². The van der Waals surface area contributed by atoms with E-state index < -0.39 is 11.2 Å². The zero-order chi connectivity index (χ0) is 24.2. The number of carbonyl (C=O) groups is 1. The zero-order valence-electron chi connectivity index (χ0n) is 19.1. The molecule has 0 saturated heterocycles. The molecule has 0 aliphatic heterocycles. The van der Waals surface area contributed by atoms with Crippen molar-refractivity contribution in [2.75, 3.05) is 17.7 Å². The molecular weight excluding hydrogens is 454 g/mol. The molecular formula is C24H25N5O4S. The van der Waals surface area contributed by atoms with Gasteiger partial charge >= 0.3 is 5.69 Å². The minimum absolute atomic E-state index is 0.0829. The topological polar surface area (TPSA) is 100 Å².